The number of hydrogen-bond donors (Lipinski definition) is 1. The quantitative estimate of drug-likeness (QED) is 0.629. The molecule has 0 aliphatic heterocycles. The molecule has 0 spiro atoms. The van der Waals surface area contributed by atoms with Gasteiger partial charge in [0.15, 0.2) is 11.5 Å². The van der Waals surface area contributed by atoms with E-state index in [-0.39, 0.29) is 22.7 Å². The van der Waals surface area contributed by atoms with Gasteiger partial charge in [0.2, 0.25) is 0 Å². The summed E-state index contributed by atoms with van der Waals surface area (Å²) in [4.78, 5) is 15.5. The molecule has 0 saturated heterocycles. The number of halogens is 6. The minimum absolute atomic E-state index is 0.0684. The second kappa shape index (κ2) is 7.46. The highest BCUT2D eigenvalue weighted by Gasteiger charge is 2.36. The van der Waals surface area contributed by atoms with Crippen LogP contribution in [0.4, 0.5) is 26.3 Å². The molecule has 0 unspecified atom stereocenters. The van der Waals surface area contributed by atoms with Crippen molar-refractivity contribution in [2.45, 2.75) is 25.3 Å². The van der Waals surface area contributed by atoms with E-state index in [1.54, 1.807) is 0 Å². The van der Waals surface area contributed by atoms with Crippen LogP contribution in [0.15, 0.2) is 35.0 Å². The van der Waals surface area contributed by atoms with Gasteiger partial charge in [0.1, 0.15) is 17.1 Å². The molecule has 0 aliphatic carbocycles. The number of carbonyl (C=O) groups excluding carboxylic acids is 1. The zero-order valence-corrected chi connectivity index (χ0v) is 15.3. The first-order valence-corrected chi connectivity index (χ1v) is 8.28. The van der Waals surface area contributed by atoms with Crippen molar-refractivity contribution in [1.82, 2.24) is 25.2 Å². The molecule has 0 aromatic carbocycles. The highest BCUT2D eigenvalue weighted by atomic mass is 19.4. The number of amides is 1. The Bertz CT molecular complexity index is 1070. The van der Waals surface area contributed by atoms with Crippen molar-refractivity contribution in [3.8, 4) is 11.3 Å². The molecular weight excluding hydrogens is 420 g/mol. The molecule has 0 saturated carbocycles. The number of nitrogens with one attached hydrogen (secondary N) is 1. The predicted molar refractivity (Wildman–Crippen MR) is 88.8 cm³/mol. The van der Waals surface area contributed by atoms with E-state index in [0.29, 0.717) is 6.07 Å². The highest BCUT2D eigenvalue weighted by Crippen LogP contribution is 2.31. The zero-order valence-electron chi connectivity index (χ0n) is 15.3. The van der Waals surface area contributed by atoms with Gasteiger partial charge in [-0.25, -0.2) is 0 Å². The lowest BCUT2D eigenvalue weighted by atomic mass is 10.1. The molecular formula is C17H13F6N5O2. The summed E-state index contributed by atoms with van der Waals surface area (Å²) in [6.07, 6.45) is -8.37. The maximum absolute atomic E-state index is 12.8. The number of carbonyl (C=O) groups is 1. The fourth-order valence-electron chi connectivity index (χ4n) is 2.53. The van der Waals surface area contributed by atoms with E-state index in [9.17, 15) is 31.1 Å². The normalized spacial score (nSPS) is 13.3. The summed E-state index contributed by atoms with van der Waals surface area (Å²) in [7, 11) is 1.18. The van der Waals surface area contributed by atoms with Gasteiger partial charge < -0.3 is 9.84 Å². The smallest absolute Gasteiger partial charge is 0.359 e. The Morgan fingerprint density at radius 2 is 1.77 bits per heavy atom. The summed E-state index contributed by atoms with van der Waals surface area (Å²) in [6.45, 7) is 1.47. The highest BCUT2D eigenvalue weighted by molar-refractivity contribution is 5.92. The third kappa shape index (κ3) is 4.44. The number of aryl methyl sites for hydroxylation is 1. The average Bonchev–Trinajstić information content (AvgIpc) is 3.28. The minimum Gasteiger partial charge on any atom is -0.359 e. The first-order valence-electron chi connectivity index (χ1n) is 8.28. The van der Waals surface area contributed by atoms with E-state index >= 15 is 0 Å². The Balaban J connectivity index is 1.77. The number of pyridine rings is 1. The van der Waals surface area contributed by atoms with Crippen molar-refractivity contribution in [2.75, 3.05) is 0 Å². The molecule has 3 aromatic rings. The Labute approximate surface area is 164 Å². The van der Waals surface area contributed by atoms with Gasteiger partial charge in [-0.1, -0.05) is 5.16 Å². The number of nitrogens with zero attached hydrogens (tertiary/aromatic N) is 4. The summed E-state index contributed by atoms with van der Waals surface area (Å²) >= 11 is 0. The molecule has 0 radical (unpaired) electrons. The van der Waals surface area contributed by atoms with Gasteiger partial charge in [-0.2, -0.15) is 31.4 Å². The summed E-state index contributed by atoms with van der Waals surface area (Å²) in [5.74, 6) is -0.767. The predicted octanol–water partition coefficient (Wildman–Crippen LogP) is 4.00. The first kappa shape index (κ1) is 21.3. The molecule has 1 atom stereocenters. The van der Waals surface area contributed by atoms with E-state index in [1.165, 1.54) is 26.1 Å². The Kier molecular flexibility index (Phi) is 5.31. The lowest BCUT2D eigenvalue weighted by molar-refractivity contribution is -0.142. The molecule has 160 valence electrons. The number of aromatic nitrogens is 4. The Morgan fingerprint density at radius 1 is 1.10 bits per heavy atom. The lowest BCUT2D eigenvalue weighted by Crippen LogP contribution is -2.28. The van der Waals surface area contributed by atoms with Crippen LogP contribution in [0.25, 0.3) is 11.3 Å². The minimum atomic E-state index is -4.71. The first-order chi connectivity index (χ1) is 13.9. The largest absolute Gasteiger partial charge is 0.435 e. The molecule has 7 nitrogen and oxygen atoms in total. The molecule has 1 amide bonds. The van der Waals surface area contributed by atoms with E-state index in [1.807, 2.05) is 0 Å². The van der Waals surface area contributed by atoms with Crippen LogP contribution in [0.2, 0.25) is 0 Å². The summed E-state index contributed by atoms with van der Waals surface area (Å²) in [5, 5.41) is 9.35. The molecule has 13 heteroatoms. The lowest BCUT2D eigenvalue weighted by Gasteiger charge is -2.10. The van der Waals surface area contributed by atoms with Crippen LogP contribution < -0.4 is 5.32 Å². The molecule has 3 rings (SSSR count). The van der Waals surface area contributed by atoms with Crippen molar-refractivity contribution in [2.24, 2.45) is 7.05 Å². The van der Waals surface area contributed by atoms with Crippen LogP contribution in [0, 0.1) is 0 Å². The van der Waals surface area contributed by atoms with Gasteiger partial charge in [-0.3, -0.25) is 14.5 Å². The van der Waals surface area contributed by atoms with Crippen molar-refractivity contribution in [3.05, 3.63) is 53.3 Å². The second-order valence-corrected chi connectivity index (χ2v) is 6.27. The number of rotatable bonds is 4. The van der Waals surface area contributed by atoms with Crippen LogP contribution in [-0.4, -0.2) is 25.8 Å². The zero-order chi connectivity index (χ0) is 22.3. The fourth-order valence-corrected chi connectivity index (χ4v) is 2.53. The molecule has 0 aliphatic rings. The van der Waals surface area contributed by atoms with Crippen molar-refractivity contribution in [3.63, 3.8) is 0 Å². The second-order valence-electron chi connectivity index (χ2n) is 6.27. The monoisotopic (exact) mass is 433 g/mol. The molecule has 3 aromatic heterocycles. The maximum Gasteiger partial charge on any atom is 0.435 e. The molecule has 0 bridgehead atoms. The summed E-state index contributed by atoms with van der Waals surface area (Å²) in [5.41, 5.74) is -2.51. The van der Waals surface area contributed by atoms with Gasteiger partial charge in [0.25, 0.3) is 5.91 Å². The van der Waals surface area contributed by atoms with E-state index < -0.39 is 35.7 Å². The van der Waals surface area contributed by atoms with Gasteiger partial charge in [0, 0.05) is 30.9 Å². The fraction of sp³-hybridized carbons (Fsp3) is 0.294. The van der Waals surface area contributed by atoms with E-state index in [0.717, 1.165) is 16.9 Å². The number of hydrogen-bond acceptors (Lipinski definition) is 5. The molecule has 0 fully saturated rings. The van der Waals surface area contributed by atoms with Crippen molar-refractivity contribution >= 4 is 5.91 Å². The van der Waals surface area contributed by atoms with Gasteiger partial charge in [0.05, 0.1) is 6.04 Å². The van der Waals surface area contributed by atoms with Crippen LogP contribution in [0.3, 0.4) is 0 Å². The standard InChI is InChI=1S/C17H13F6N5O2/c1-8(25-15(29)11-7-14(17(21,22)23)26-28(11)2)12-6-10(27-30-12)9-3-4-24-13(5-9)16(18,19)20/h3-8H,1-2H3,(H,25,29)/t8-/m0/s1. The van der Waals surface area contributed by atoms with Gasteiger partial charge >= 0.3 is 12.4 Å². The maximum atomic E-state index is 12.8. The van der Waals surface area contributed by atoms with Crippen molar-refractivity contribution < 1.29 is 35.7 Å². The number of alkyl halides is 6. The third-order valence-electron chi connectivity index (χ3n) is 4.05. The Hall–Kier alpha value is -3.38. The Morgan fingerprint density at radius 3 is 2.37 bits per heavy atom. The molecule has 30 heavy (non-hydrogen) atoms. The molecule has 1 N–H and O–H groups in total. The third-order valence-corrected chi connectivity index (χ3v) is 4.05. The average molecular weight is 433 g/mol. The van der Waals surface area contributed by atoms with Gasteiger partial charge in [-0.15, -0.1) is 0 Å². The van der Waals surface area contributed by atoms with Crippen molar-refractivity contribution in [1.29, 1.82) is 0 Å². The molecule has 3 heterocycles. The summed E-state index contributed by atoms with van der Waals surface area (Å²) in [6, 6.07) is 3.16. The topological polar surface area (TPSA) is 85.8 Å². The van der Waals surface area contributed by atoms with Crippen LogP contribution >= 0.6 is 0 Å². The SMILES string of the molecule is C[C@H](NC(=O)c1cc(C(F)(F)F)nn1C)c1cc(-c2ccnc(C(F)(F)F)c2)no1. The summed E-state index contributed by atoms with van der Waals surface area (Å²) < 4.78 is 82.4. The van der Waals surface area contributed by atoms with Crippen LogP contribution in [-0.2, 0) is 19.4 Å². The van der Waals surface area contributed by atoms with Crippen LogP contribution in [0.5, 0.6) is 0 Å². The van der Waals surface area contributed by atoms with Crippen LogP contribution in [0.1, 0.15) is 40.6 Å². The van der Waals surface area contributed by atoms with E-state index in [4.69, 9.17) is 4.52 Å². The van der Waals surface area contributed by atoms with E-state index in [2.05, 4.69) is 20.6 Å². The van der Waals surface area contributed by atoms with Gasteiger partial charge in [-0.05, 0) is 19.1 Å².